The summed E-state index contributed by atoms with van der Waals surface area (Å²) in [5.74, 6) is -0.232. The van der Waals surface area contributed by atoms with E-state index in [9.17, 15) is 13.2 Å². The molecule has 1 aliphatic rings. The molecule has 2 aromatic carbocycles. The molecular formula is C21H26N2O5S. The van der Waals surface area contributed by atoms with Gasteiger partial charge in [-0.05, 0) is 23.8 Å². The topological polar surface area (TPSA) is 76.2 Å². The summed E-state index contributed by atoms with van der Waals surface area (Å²) < 4.78 is 37.6. The van der Waals surface area contributed by atoms with Gasteiger partial charge in [0.15, 0.2) is 0 Å². The molecule has 156 valence electrons. The highest BCUT2D eigenvalue weighted by molar-refractivity contribution is 7.89. The van der Waals surface area contributed by atoms with Crippen molar-refractivity contribution >= 4 is 15.9 Å². The minimum atomic E-state index is -3.66. The lowest BCUT2D eigenvalue weighted by molar-refractivity contribution is 0.0679. The normalized spacial score (nSPS) is 15.2. The van der Waals surface area contributed by atoms with Crippen molar-refractivity contribution in [2.45, 2.75) is 11.4 Å². The van der Waals surface area contributed by atoms with Crippen LogP contribution in [0.2, 0.25) is 0 Å². The Morgan fingerprint density at radius 1 is 1.10 bits per heavy atom. The Kier molecular flexibility index (Phi) is 7.38. The molecule has 3 rings (SSSR count). The highest BCUT2D eigenvalue weighted by Crippen LogP contribution is 2.20. The molecule has 1 aliphatic heterocycles. The van der Waals surface area contributed by atoms with Crippen LogP contribution in [0, 0.1) is 0 Å². The molecule has 1 saturated heterocycles. The van der Waals surface area contributed by atoms with Gasteiger partial charge in [-0.3, -0.25) is 4.79 Å². The zero-order chi connectivity index (χ0) is 20.7. The molecule has 0 N–H and O–H groups in total. The van der Waals surface area contributed by atoms with Crippen LogP contribution in [-0.2, 0) is 26.0 Å². The van der Waals surface area contributed by atoms with Crippen LogP contribution in [0.5, 0.6) is 0 Å². The molecule has 0 spiro atoms. The van der Waals surface area contributed by atoms with Gasteiger partial charge in [0.25, 0.3) is 5.91 Å². The van der Waals surface area contributed by atoms with E-state index in [1.54, 1.807) is 24.1 Å². The van der Waals surface area contributed by atoms with E-state index < -0.39 is 10.0 Å². The third-order valence-corrected chi connectivity index (χ3v) is 6.65. The summed E-state index contributed by atoms with van der Waals surface area (Å²) in [6, 6.07) is 15.9. The zero-order valence-electron chi connectivity index (χ0n) is 16.5. The Hall–Kier alpha value is -2.26. The van der Waals surface area contributed by atoms with Gasteiger partial charge in [0.2, 0.25) is 10.0 Å². The van der Waals surface area contributed by atoms with E-state index in [-0.39, 0.29) is 10.8 Å². The fraction of sp³-hybridized carbons (Fsp3) is 0.381. The number of ether oxygens (including phenoxy) is 2. The minimum Gasteiger partial charge on any atom is -0.383 e. The molecule has 1 heterocycles. The summed E-state index contributed by atoms with van der Waals surface area (Å²) in [5.41, 5.74) is 1.33. The molecule has 1 fully saturated rings. The number of sulfonamides is 1. The standard InChI is InChI=1S/C21H26N2O5S/c1-27-13-10-22(17-18-6-3-2-4-7-18)21(24)19-8-5-9-20(16-19)29(25,26)23-11-14-28-15-12-23/h2-9,16H,10-15,17H2,1H3. The van der Waals surface area contributed by atoms with Crippen molar-refractivity contribution in [1.29, 1.82) is 0 Å². The van der Waals surface area contributed by atoms with E-state index in [2.05, 4.69) is 0 Å². The SMILES string of the molecule is COCCN(Cc1ccccc1)C(=O)c1cccc(S(=O)(=O)N2CCOCC2)c1. The fourth-order valence-electron chi connectivity index (χ4n) is 3.17. The van der Waals surface area contributed by atoms with Crippen LogP contribution in [0.1, 0.15) is 15.9 Å². The van der Waals surface area contributed by atoms with Crippen LogP contribution in [0.4, 0.5) is 0 Å². The average molecular weight is 419 g/mol. The van der Waals surface area contributed by atoms with Gasteiger partial charge in [-0.2, -0.15) is 4.31 Å². The molecule has 0 radical (unpaired) electrons. The highest BCUT2D eigenvalue weighted by Gasteiger charge is 2.27. The Bertz CT molecular complexity index is 912. The molecule has 0 bridgehead atoms. The van der Waals surface area contributed by atoms with E-state index in [1.165, 1.54) is 16.4 Å². The number of morpholine rings is 1. The first kappa shape index (κ1) is 21.4. The minimum absolute atomic E-state index is 0.122. The molecule has 0 saturated carbocycles. The lowest BCUT2D eigenvalue weighted by Crippen LogP contribution is -2.40. The summed E-state index contributed by atoms with van der Waals surface area (Å²) in [5, 5.41) is 0. The number of nitrogens with zero attached hydrogens (tertiary/aromatic N) is 2. The number of carbonyl (C=O) groups excluding carboxylic acids is 1. The van der Waals surface area contributed by atoms with Crippen molar-refractivity contribution in [3.8, 4) is 0 Å². The monoisotopic (exact) mass is 418 g/mol. The third-order valence-electron chi connectivity index (χ3n) is 4.76. The number of methoxy groups -OCH3 is 1. The zero-order valence-corrected chi connectivity index (χ0v) is 17.3. The highest BCUT2D eigenvalue weighted by atomic mass is 32.2. The first-order valence-corrected chi connectivity index (χ1v) is 11.0. The molecule has 7 nitrogen and oxygen atoms in total. The smallest absolute Gasteiger partial charge is 0.254 e. The van der Waals surface area contributed by atoms with Crippen molar-refractivity contribution in [2.75, 3.05) is 46.6 Å². The van der Waals surface area contributed by atoms with Gasteiger partial charge in [-0.1, -0.05) is 36.4 Å². The maximum Gasteiger partial charge on any atom is 0.254 e. The lowest BCUT2D eigenvalue weighted by Gasteiger charge is -2.26. The summed E-state index contributed by atoms with van der Waals surface area (Å²) >= 11 is 0. The van der Waals surface area contributed by atoms with Crippen LogP contribution in [0.3, 0.4) is 0 Å². The third kappa shape index (κ3) is 5.42. The second kappa shape index (κ2) is 9.98. The molecule has 0 aliphatic carbocycles. The number of carbonyl (C=O) groups is 1. The first-order chi connectivity index (χ1) is 14.0. The van der Waals surface area contributed by atoms with Gasteiger partial charge in [0.05, 0.1) is 24.7 Å². The van der Waals surface area contributed by atoms with Gasteiger partial charge < -0.3 is 14.4 Å². The number of hydrogen-bond donors (Lipinski definition) is 0. The molecular weight excluding hydrogens is 392 g/mol. The van der Waals surface area contributed by atoms with Crippen molar-refractivity contribution < 1.29 is 22.7 Å². The molecule has 2 aromatic rings. The summed E-state index contributed by atoms with van der Waals surface area (Å²) in [6.45, 7) is 2.60. The molecule has 0 aromatic heterocycles. The molecule has 0 atom stereocenters. The van der Waals surface area contributed by atoms with Crippen molar-refractivity contribution in [2.24, 2.45) is 0 Å². The first-order valence-electron chi connectivity index (χ1n) is 9.52. The van der Waals surface area contributed by atoms with Gasteiger partial charge in [0, 0.05) is 38.9 Å². The second-order valence-corrected chi connectivity index (χ2v) is 8.69. The second-order valence-electron chi connectivity index (χ2n) is 6.75. The van der Waals surface area contributed by atoms with Gasteiger partial charge in [-0.25, -0.2) is 8.42 Å². The quantitative estimate of drug-likeness (QED) is 0.655. The Balaban J connectivity index is 1.83. The van der Waals surface area contributed by atoms with E-state index >= 15 is 0 Å². The van der Waals surface area contributed by atoms with Gasteiger partial charge >= 0.3 is 0 Å². The number of hydrogen-bond acceptors (Lipinski definition) is 5. The fourth-order valence-corrected chi connectivity index (χ4v) is 4.62. The summed E-state index contributed by atoms with van der Waals surface area (Å²) in [4.78, 5) is 14.9. The van der Waals surface area contributed by atoms with Gasteiger partial charge in [0.1, 0.15) is 0 Å². The summed E-state index contributed by atoms with van der Waals surface area (Å²) in [7, 11) is -2.08. The molecule has 29 heavy (non-hydrogen) atoms. The van der Waals surface area contributed by atoms with Crippen LogP contribution >= 0.6 is 0 Å². The van der Waals surface area contributed by atoms with E-state index in [4.69, 9.17) is 9.47 Å². The van der Waals surface area contributed by atoms with Crippen LogP contribution in [0.15, 0.2) is 59.5 Å². The van der Waals surface area contributed by atoms with Crippen LogP contribution in [-0.4, -0.2) is 70.1 Å². The molecule has 8 heteroatoms. The van der Waals surface area contributed by atoms with Crippen LogP contribution < -0.4 is 0 Å². The van der Waals surface area contributed by atoms with Crippen LogP contribution in [0.25, 0.3) is 0 Å². The van der Waals surface area contributed by atoms with Gasteiger partial charge in [-0.15, -0.1) is 0 Å². The summed E-state index contributed by atoms with van der Waals surface area (Å²) in [6.07, 6.45) is 0. The van der Waals surface area contributed by atoms with E-state index in [0.29, 0.717) is 51.6 Å². The predicted octanol–water partition coefficient (Wildman–Crippen LogP) is 2.00. The van der Waals surface area contributed by atoms with E-state index in [0.717, 1.165) is 5.56 Å². The van der Waals surface area contributed by atoms with Crippen molar-refractivity contribution in [3.05, 3.63) is 65.7 Å². The predicted molar refractivity (Wildman–Crippen MR) is 109 cm³/mol. The molecule has 1 amide bonds. The maximum atomic E-state index is 13.2. The van der Waals surface area contributed by atoms with Crippen molar-refractivity contribution in [3.63, 3.8) is 0 Å². The number of benzene rings is 2. The van der Waals surface area contributed by atoms with Crippen molar-refractivity contribution in [1.82, 2.24) is 9.21 Å². The maximum absolute atomic E-state index is 13.2. The Morgan fingerprint density at radius 2 is 1.83 bits per heavy atom. The molecule has 0 unspecified atom stereocenters. The Labute approximate surface area is 171 Å². The average Bonchev–Trinajstić information content (AvgIpc) is 2.77. The Morgan fingerprint density at radius 3 is 2.52 bits per heavy atom. The largest absolute Gasteiger partial charge is 0.383 e. The lowest BCUT2D eigenvalue weighted by atomic mass is 10.1. The van der Waals surface area contributed by atoms with E-state index in [1.807, 2.05) is 30.3 Å². The number of rotatable bonds is 8. The number of amides is 1.